The van der Waals surface area contributed by atoms with Crippen molar-refractivity contribution in [2.24, 2.45) is 0 Å². The number of hydrogen-bond donors (Lipinski definition) is 2. The van der Waals surface area contributed by atoms with E-state index in [1.54, 1.807) is 12.4 Å². The second-order valence-electron chi connectivity index (χ2n) is 8.64. The highest BCUT2D eigenvalue weighted by Crippen LogP contribution is 2.47. The Bertz CT molecular complexity index is 881. The summed E-state index contributed by atoms with van der Waals surface area (Å²) in [5, 5.41) is 12.8. The molecule has 30 heavy (non-hydrogen) atoms. The number of unbranched alkanes of at least 4 members (excludes halogenated alkanes) is 3. The summed E-state index contributed by atoms with van der Waals surface area (Å²) < 4.78 is 4.98. The van der Waals surface area contributed by atoms with Gasteiger partial charge in [0.25, 0.3) is 0 Å². The zero-order valence-electron chi connectivity index (χ0n) is 17.6. The molecule has 2 aromatic rings. The van der Waals surface area contributed by atoms with E-state index in [0.717, 1.165) is 62.0 Å². The molecule has 3 heterocycles. The van der Waals surface area contributed by atoms with E-state index < -0.39 is 5.97 Å². The minimum atomic E-state index is -0.792. The van der Waals surface area contributed by atoms with Gasteiger partial charge in [-0.15, -0.1) is 0 Å². The number of ether oxygens (including phenoxy) is 1. The summed E-state index contributed by atoms with van der Waals surface area (Å²) in [4.78, 5) is 24.3. The number of carboxylic acids is 1. The Hall–Kier alpha value is -2.70. The van der Waals surface area contributed by atoms with Gasteiger partial charge in [0.2, 0.25) is 0 Å². The fraction of sp³-hybridized carbons (Fsp3) is 0.565. The van der Waals surface area contributed by atoms with Crippen LogP contribution in [0.5, 0.6) is 6.01 Å². The average molecular weight is 411 g/mol. The molecule has 1 fully saturated rings. The summed E-state index contributed by atoms with van der Waals surface area (Å²) in [7, 11) is 1.52. The van der Waals surface area contributed by atoms with Crippen LogP contribution in [0.25, 0.3) is 0 Å². The molecule has 2 aliphatic rings. The van der Waals surface area contributed by atoms with Crippen LogP contribution in [0.2, 0.25) is 0 Å². The Labute approximate surface area is 177 Å². The molecule has 0 bridgehead atoms. The molecule has 2 N–H and O–H groups in total. The van der Waals surface area contributed by atoms with Gasteiger partial charge in [-0.1, -0.05) is 25.3 Å². The van der Waals surface area contributed by atoms with E-state index >= 15 is 0 Å². The molecule has 0 amide bonds. The quantitative estimate of drug-likeness (QED) is 0.538. The Morgan fingerprint density at radius 1 is 1.20 bits per heavy atom. The van der Waals surface area contributed by atoms with Crippen LogP contribution in [0, 0.1) is 0 Å². The highest BCUT2D eigenvalue weighted by Gasteiger charge is 2.47. The fourth-order valence-electron chi connectivity index (χ4n) is 4.32. The smallest absolute Gasteiger partial charge is 0.316 e. The summed E-state index contributed by atoms with van der Waals surface area (Å²) in [5.41, 5.74) is 3.73. The van der Waals surface area contributed by atoms with Crippen LogP contribution in [-0.2, 0) is 17.6 Å². The summed E-state index contributed by atoms with van der Waals surface area (Å²) in [6, 6.07) is 4.72. The number of nitrogens with one attached hydrogen (secondary N) is 1. The average Bonchev–Trinajstić information content (AvgIpc) is 3.39. The predicted molar refractivity (Wildman–Crippen MR) is 114 cm³/mol. The Balaban J connectivity index is 1.19. The lowest BCUT2D eigenvalue weighted by Crippen LogP contribution is -2.16. The lowest BCUT2D eigenvalue weighted by atomic mass is 9.92. The fourth-order valence-corrected chi connectivity index (χ4v) is 4.32. The lowest BCUT2D eigenvalue weighted by Gasteiger charge is -2.14. The van der Waals surface area contributed by atoms with Crippen LogP contribution >= 0.6 is 0 Å². The molecule has 1 saturated carbocycles. The van der Waals surface area contributed by atoms with Crippen LogP contribution in [0.1, 0.15) is 74.1 Å². The molecular formula is C23H30N4O3. The van der Waals surface area contributed by atoms with Gasteiger partial charge < -0.3 is 15.2 Å². The van der Waals surface area contributed by atoms with Crippen molar-refractivity contribution in [2.75, 3.05) is 12.4 Å². The first-order valence-electron chi connectivity index (χ1n) is 10.9. The van der Waals surface area contributed by atoms with E-state index in [2.05, 4.69) is 27.4 Å². The van der Waals surface area contributed by atoms with Gasteiger partial charge in [-0.3, -0.25) is 4.79 Å². The number of nitrogens with zero attached hydrogens (tertiary/aromatic N) is 3. The third-order valence-electron chi connectivity index (χ3n) is 6.26. The number of aromatic nitrogens is 3. The van der Waals surface area contributed by atoms with Crippen molar-refractivity contribution < 1.29 is 14.6 Å². The zero-order chi connectivity index (χ0) is 21.0. The van der Waals surface area contributed by atoms with Crippen LogP contribution in [0.4, 0.5) is 5.82 Å². The van der Waals surface area contributed by atoms with Crippen LogP contribution in [0.15, 0.2) is 24.5 Å². The minimum Gasteiger partial charge on any atom is -0.481 e. The van der Waals surface area contributed by atoms with E-state index in [4.69, 9.17) is 9.72 Å². The molecule has 1 aliphatic carbocycles. The number of carbonyl (C=O) groups is 1. The topological polar surface area (TPSA) is 97.2 Å². The highest BCUT2D eigenvalue weighted by molar-refractivity contribution is 5.68. The predicted octanol–water partition coefficient (Wildman–Crippen LogP) is 4.13. The summed E-state index contributed by atoms with van der Waals surface area (Å²) in [6.45, 7) is 0. The van der Waals surface area contributed by atoms with Crippen molar-refractivity contribution in [1.82, 2.24) is 15.0 Å². The molecular weight excluding hydrogens is 380 g/mol. The van der Waals surface area contributed by atoms with Gasteiger partial charge in [0.05, 0.1) is 13.5 Å². The molecule has 0 saturated heterocycles. The van der Waals surface area contributed by atoms with E-state index in [0.29, 0.717) is 11.5 Å². The summed E-state index contributed by atoms with van der Waals surface area (Å²) >= 11 is 0. The van der Waals surface area contributed by atoms with Gasteiger partial charge in [0.1, 0.15) is 5.82 Å². The van der Waals surface area contributed by atoms with Gasteiger partial charge >= 0.3 is 12.0 Å². The van der Waals surface area contributed by atoms with Crippen LogP contribution < -0.4 is 10.1 Å². The maximum Gasteiger partial charge on any atom is 0.316 e. The molecule has 7 heteroatoms. The zero-order valence-corrected chi connectivity index (χ0v) is 17.6. The number of fused-ring (bicyclic) bond motifs is 1. The van der Waals surface area contributed by atoms with Crippen molar-refractivity contribution in [3.8, 4) is 6.01 Å². The number of aliphatic carboxylic acids is 1. The standard InChI is InChI=1S/C23H30N4O3/c1-30-22-24-14-18(15-25-22)16(12-20(28)29)6-4-2-3-5-7-19-9-8-17-13-23(10-11-23)27-21(17)26-19/h8-9,14-16H,2-7,10-13H2,1H3,(H,26,27)(H,28,29). The molecule has 7 nitrogen and oxygen atoms in total. The van der Waals surface area contributed by atoms with E-state index in [1.165, 1.54) is 25.5 Å². The molecule has 160 valence electrons. The van der Waals surface area contributed by atoms with Gasteiger partial charge in [-0.25, -0.2) is 15.0 Å². The number of methoxy groups -OCH3 is 1. The number of carboxylic acid groups (broad SMARTS) is 1. The SMILES string of the molecule is COc1ncc(C(CCCCCCc2ccc3c(n2)NC2(CC2)C3)CC(=O)O)cn1. The van der Waals surface area contributed by atoms with Crippen LogP contribution in [-0.4, -0.2) is 38.7 Å². The van der Waals surface area contributed by atoms with E-state index in [1.807, 2.05) is 0 Å². The van der Waals surface area contributed by atoms with Crippen molar-refractivity contribution in [1.29, 1.82) is 0 Å². The monoisotopic (exact) mass is 410 g/mol. The van der Waals surface area contributed by atoms with Gasteiger partial charge in [0, 0.05) is 23.6 Å². The highest BCUT2D eigenvalue weighted by atomic mass is 16.5. The number of aryl methyl sites for hydroxylation is 1. The van der Waals surface area contributed by atoms with Crippen LogP contribution in [0.3, 0.4) is 0 Å². The molecule has 4 rings (SSSR count). The van der Waals surface area contributed by atoms with Gasteiger partial charge in [0.15, 0.2) is 0 Å². The summed E-state index contributed by atoms with van der Waals surface area (Å²) in [6.07, 6.45) is 13.2. The lowest BCUT2D eigenvalue weighted by molar-refractivity contribution is -0.137. The number of hydrogen-bond acceptors (Lipinski definition) is 6. The Morgan fingerprint density at radius 3 is 2.67 bits per heavy atom. The first-order valence-corrected chi connectivity index (χ1v) is 10.9. The number of anilines is 1. The normalized spacial score (nSPS) is 16.7. The third kappa shape index (κ3) is 5.07. The second-order valence-corrected chi connectivity index (χ2v) is 8.64. The van der Waals surface area contributed by atoms with E-state index in [9.17, 15) is 9.90 Å². The molecule has 2 aromatic heterocycles. The maximum atomic E-state index is 11.2. The molecule has 0 radical (unpaired) electrons. The largest absolute Gasteiger partial charge is 0.481 e. The Kier molecular flexibility index (Phi) is 6.16. The minimum absolute atomic E-state index is 0.0624. The molecule has 1 aliphatic heterocycles. The van der Waals surface area contributed by atoms with Crippen molar-refractivity contribution in [3.05, 3.63) is 41.3 Å². The van der Waals surface area contributed by atoms with Gasteiger partial charge in [-0.2, -0.15) is 0 Å². The molecule has 1 unspecified atom stereocenters. The van der Waals surface area contributed by atoms with Gasteiger partial charge in [-0.05, 0) is 61.6 Å². The number of rotatable bonds is 11. The van der Waals surface area contributed by atoms with Crippen molar-refractivity contribution >= 4 is 11.8 Å². The number of pyridine rings is 1. The van der Waals surface area contributed by atoms with Crippen molar-refractivity contribution in [2.45, 2.75) is 75.7 Å². The first-order chi connectivity index (χ1) is 14.6. The molecule has 1 spiro atoms. The first kappa shape index (κ1) is 20.6. The second kappa shape index (κ2) is 8.98. The van der Waals surface area contributed by atoms with Crippen molar-refractivity contribution in [3.63, 3.8) is 0 Å². The third-order valence-corrected chi connectivity index (χ3v) is 6.26. The van der Waals surface area contributed by atoms with E-state index in [-0.39, 0.29) is 12.3 Å². The summed E-state index contributed by atoms with van der Waals surface area (Å²) in [5.74, 6) is 0.246. The maximum absolute atomic E-state index is 11.2. The molecule has 0 aromatic carbocycles. The molecule has 1 atom stereocenters. The Morgan fingerprint density at radius 2 is 1.97 bits per heavy atom.